The van der Waals surface area contributed by atoms with Crippen molar-refractivity contribution in [2.45, 2.75) is 31.7 Å². The van der Waals surface area contributed by atoms with Crippen LogP contribution in [0, 0.1) is 0 Å². The summed E-state index contributed by atoms with van der Waals surface area (Å²) in [6.45, 7) is 4.33. The van der Waals surface area contributed by atoms with Crippen LogP contribution >= 0.6 is 0 Å². The summed E-state index contributed by atoms with van der Waals surface area (Å²) in [6.07, 6.45) is 3.17. The zero-order chi connectivity index (χ0) is 15.1. The highest BCUT2D eigenvalue weighted by Gasteiger charge is 2.25. The van der Waals surface area contributed by atoms with E-state index in [9.17, 15) is 4.79 Å². The number of carbonyl (C=O) groups is 1. The average molecular weight is 290 g/mol. The van der Waals surface area contributed by atoms with Crippen LogP contribution in [0.15, 0.2) is 30.3 Å². The molecule has 4 heteroatoms. The Labute approximate surface area is 127 Å². The van der Waals surface area contributed by atoms with E-state index in [2.05, 4.69) is 47.2 Å². The van der Waals surface area contributed by atoms with Crippen LogP contribution < -0.4 is 0 Å². The number of carboxylic acids is 1. The minimum Gasteiger partial charge on any atom is -0.481 e. The fourth-order valence-electron chi connectivity index (χ4n) is 2.98. The van der Waals surface area contributed by atoms with Gasteiger partial charge in [-0.3, -0.25) is 9.69 Å². The van der Waals surface area contributed by atoms with E-state index < -0.39 is 5.97 Å². The van der Waals surface area contributed by atoms with Gasteiger partial charge in [-0.15, -0.1) is 0 Å². The zero-order valence-corrected chi connectivity index (χ0v) is 12.9. The van der Waals surface area contributed by atoms with Gasteiger partial charge in [0.2, 0.25) is 0 Å². The van der Waals surface area contributed by atoms with Crippen molar-refractivity contribution in [3.8, 4) is 0 Å². The number of nitrogens with zero attached hydrogens (tertiary/aromatic N) is 2. The van der Waals surface area contributed by atoms with Gasteiger partial charge in [0.15, 0.2) is 0 Å². The predicted octanol–water partition coefficient (Wildman–Crippen LogP) is 2.62. The Morgan fingerprint density at radius 1 is 1.19 bits per heavy atom. The molecule has 0 amide bonds. The summed E-state index contributed by atoms with van der Waals surface area (Å²) >= 11 is 0. The highest BCUT2D eigenvalue weighted by molar-refractivity contribution is 5.66. The Kier molecular flexibility index (Phi) is 6.21. The Bertz CT molecular complexity index is 436. The lowest BCUT2D eigenvalue weighted by molar-refractivity contribution is -0.137. The quantitative estimate of drug-likeness (QED) is 0.784. The number of hydrogen-bond donors (Lipinski definition) is 1. The average Bonchev–Trinajstić information content (AvgIpc) is 2.49. The Morgan fingerprint density at radius 3 is 2.67 bits per heavy atom. The predicted molar refractivity (Wildman–Crippen MR) is 84.4 cm³/mol. The van der Waals surface area contributed by atoms with Gasteiger partial charge in [0.05, 0.1) is 0 Å². The van der Waals surface area contributed by atoms with E-state index in [0.717, 1.165) is 45.4 Å². The first-order valence-corrected chi connectivity index (χ1v) is 7.86. The third-order valence-electron chi connectivity index (χ3n) is 4.21. The van der Waals surface area contributed by atoms with Crippen LogP contribution in [-0.4, -0.2) is 54.1 Å². The maximum absolute atomic E-state index is 10.5. The van der Waals surface area contributed by atoms with Crippen LogP contribution in [0.2, 0.25) is 0 Å². The Hall–Kier alpha value is -1.39. The third kappa shape index (κ3) is 5.14. The maximum Gasteiger partial charge on any atom is 0.303 e. The smallest absolute Gasteiger partial charge is 0.303 e. The van der Waals surface area contributed by atoms with Crippen molar-refractivity contribution in [3.63, 3.8) is 0 Å². The van der Waals surface area contributed by atoms with Gasteiger partial charge in [-0.1, -0.05) is 36.8 Å². The molecule has 0 spiro atoms. The number of rotatable bonds is 7. The lowest BCUT2D eigenvalue weighted by Crippen LogP contribution is -2.47. The van der Waals surface area contributed by atoms with Gasteiger partial charge in [-0.25, -0.2) is 0 Å². The van der Waals surface area contributed by atoms with Crippen LogP contribution in [0.3, 0.4) is 0 Å². The molecule has 1 N–H and O–H groups in total. The van der Waals surface area contributed by atoms with Crippen LogP contribution in [0.1, 0.15) is 37.3 Å². The number of unbranched alkanes of at least 4 members (excludes halogenated alkanes) is 2. The molecule has 1 saturated heterocycles. The van der Waals surface area contributed by atoms with Crippen molar-refractivity contribution in [3.05, 3.63) is 35.9 Å². The second-order valence-electron chi connectivity index (χ2n) is 5.93. The van der Waals surface area contributed by atoms with Gasteiger partial charge in [0.25, 0.3) is 0 Å². The van der Waals surface area contributed by atoms with Crippen molar-refractivity contribution in [2.24, 2.45) is 0 Å². The Morgan fingerprint density at radius 2 is 1.95 bits per heavy atom. The molecule has 0 aliphatic carbocycles. The van der Waals surface area contributed by atoms with Gasteiger partial charge >= 0.3 is 5.97 Å². The van der Waals surface area contributed by atoms with Gasteiger partial charge in [0.1, 0.15) is 0 Å². The van der Waals surface area contributed by atoms with Crippen LogP contribution in [0.4, 0.5) is 0 Å². The molecule has 1 aliphatic heterocycles. The van der Waals surface area contributed by atoms with E-state index in [1.54, 1.807) is 0 Å². The highest BCUT2D eigenvalue weighted by atomic mass is 16.4. The molecule has 1 fully saturated rings. The molecule has 1 aromatic carbocycles. The molecule has 0 aromatic heterocycles. The molecule has 1 unspecified atom stereocenters. The molecular weight excluding hydrogens is 264 g/mol. The van der Waals surface area contributed by atoms with E-state index in [0.29, 0.717) is 12.5 Å². The number of likely N-dealkylation sites (N-methyl/N-ethyl adjacent to an activating group) is 1. The van der Waals surface area contributed by atoms with Crippen molar-refractivity contribution in [1.29, 1.82) is 0 Å². The normalized spacial score (nSPS) is 20.5. The first-order valence-electron chi connectivity index (χ1n) is 7.86. The van der Waals surface area contributed by atoms with Gasteiger partial charge < -0.3 is 10.0 Å². The van der Waals surface area contributed by atoms with Gasteiger partial charge in [-0.05, 0) is 32.0 Å². The summed E-state index contributed by atoms with van der Waals surface area (Å²) in [5, 5.41) is 8.67. The summed E-state index contributed by atoms with van der Waals surface area (Å²) in [5.74, 6) is -0.684. The summed E-state index contributed by atoms with van der Waals surface area (Å²) < 4.78 is 0. The molecule has 1 atom stereocenters. The molecule has 0 bridgehead atoms. The summed E-state index contributed by atoms with van der Waals surface area (Å²) in [4.78, 5) is 15.5. The van der Waals surface area contributed by atoms with E-state index in [1.807, 2.05) is 0 Å². The lowest BCUT2D eigenvalue weighted by Gasteiger charge is -2.40. The van der Waals surface area contributed by atoms with E-state index in [-0.39, 0.29) is 0 Å². The number of hydrogen-bond acceptors (Lipinski definition) is 3. The summed E-state index contributed by atoms with van der Waals surface area (Å²) in [5.41, 5.74) is 1.38. The van der Waals surface area contributed by atoms with E-state index in [1.165, 1.54) is 5.56 Å². The molecule has 0 radical (unpaired) electrons. The second-order valence-corrected chi connectivity index (χ2v) is 5.93. The van der Waals surface area contributed by atoms with Gasteiger partial charge in [0, 0.05) is 32.1 Å². The van der Waals surface area contributed by atoms with Crippen molar-refractivity contribution in [1.82, 2.24) is 9.80 Å². The van der Waals surface area contributed by atoms with Crippen molar-refractivity contribution in [2.75, 3.05) is 33.2 Å². The SMILES string of the molecule is CN1CCN(CCCCCC(=O)O)C(c2ccccc2)C1. The maximum atomic E-state index is 10.5. The Balaban J connectivity index is 1.85. The molecule has 4 nitrogen and oxygen atoms in total. The topological polar surface area (TPSA) is 43.8 Å². The molecule has 21 heavy (non-hydrogen) atoms. The first-order chi connectivity index (χ1) is 10.2. The highest BCUT2D eigenvalue weighted by Crippen LogP contribution is 2.25. The zero-order valence-electron chi connectivity index (χ0n) is 12.9. The monoisotopic (exact) mass is 290 g/mol. The molecule has 1 heterocycles. The summed E-state index contributed by atoms with van der Waals surface area (Å²) in [6, 6.07) is 11.2. The van der Waals surface area contributed by atoms with Gasteiger partial charge in [-0.2, -0.15) is 0 Å². The van der Waals surface area contributed by atoms with Crippen LogP contribution in [0.25, 0.3) is 0 Å². The van der Waals surface area contributed by atoms with Crippen LogP contribution in [0.5, 0.6) is 0 Å². The minimum atomic E-state index is -0.684. The number of piperazine rings is 1. The fourth-order valence-corrected chi connectivity index (χ4v) is 2.98. The third-order valence-corrected chi connectivity index (χ3v) is 4.21. The first kappa shape index (κ1) is 16.0. The molecule has 1 aromatic rings. The van der Waals surface area contributed by atoms with E-state index >= 15 is 0 Å². The van der Waals surface area contributed by atoms with Crippen molar-refractivity contribution < 1.29 is 9.90 Å². The number of carboxylic acid groups (broad SMARTS) is 1. The largest absolute Gasteiger partial charge is 0.481 e. The fraction of sp³-hybridized carbons (Fsp3) is 0.588. The van der Waals surface area contributed by atoms with Crippen LogP contribution in [-0.2, 0) is 4.79 Å². The molecule has 116 valence electrons. The summed E-state index contributed by atoms with van der Waals surface area (Å²) in [7, 11) is 2.18. The van der Waals surface area contributed by atoms with E-state index in [4.69, 9.17) is 5.11 Å². The molecular formula is C17H26N2O2. The number of aliphatic carboxylic acids is 1. The van der Waals surface area contributed by atoms with Crippen molar-refractivity contribution >= 4 is 5.97 Å². The second kappa shape index (κ2) is 8.15. The lowest BCUT2D eigenvalue weighted by atomic mass is 10.0. The standard InChI is InChI=1S/C17H26N2O2/c1-18-12-13-19(11-7-3-6-10-17(20)21)16(14-18)15-8-4-2-5-9-15/h2,4-5,8-9,16H,3,6-7,10-14H2,1H3,(H,20,21). The molecule has 2 rings (SSSR count). The molecule has 1 aliphatic rings. The number of benzene rings is 1. The minimum absolute atomic E-state index is 0.296. The molecule has 0 saturated carbocycles.